The number of pyridine rings is 1. The van der Waals surface area contributed by atoms with E-state index in [4.69, 9.17) is 28.2 Å². The zero-order valence-corrected chi connectivity index (χ0v) is 19.7. The van der Waals surface area contributed by atoms with Crippen molar-refractivity contribution in [1.82, 2.24) is 4.98 Å². The molecule has 2 aromatic heterocycles. The largest absolute Gasteiger partial charge is 1.00 e. The Morgan fingerprint density at radius 1 is 0.933 bits per heavy atom. The van der Waals surface area contributed by atoms with E-state index in [0.29, 0.717) is 16.5 Å². The van der Waals surface area contributed by atoms with E-state index < -0.39 is 0 Å². The third kappa shape index (κ3) is 5.55. The Morgan fingerprint density at radius 3 is 2.30 bits per heavy atom. The first kappa shape index (κ1) is 22.6. The number of hydrogen-bond acceptors (Lipinski definition) is 3. The lowest BCUT2D eigenvalue weighted by atomic mass is 10.1. The van der Waals surface area contributed by atoms with Crippen LogP contribution in [0.5, 0.6) is 0 Å². The first-order valence-electron chi connectivity index (χ1n) is 9.05. The van der Waals surface area contributed by atoms with E-state index in [2.05, 4.69) is 0 Å². The lowest BCUT2D eigenvalue weighted by Crippen LogP contribution is -3.00. The highest BCUT2D eigenvalue weighted by Crippen LogP contribution is 2.28. The van der Waals surface area contributed by atoms with Gasteiger partial charge < -0.3 is 17.0 Å². The zero-order valence-electron chi connectivity index (χ0n) is 15.8. The zero-order chi connectivity index (χ0) is 20.2. The number of aromatic nitrogens is 2. The SMILES string of the molecule is O=C(Cc1ccc(Cl)cc1)C[n+]1ccccc1-c1nc(-c2ccc(Cl)cc2)cs1.[Br-]. The lowest BCUT2D eigenvalue weighted by molar-refractivity contribution is -0.673. The molecule has 0 saturated heterocycles. The van der Waals surface area contributed by atoms with Gasteiger partial charge in [-0.05, 0) is 35.9 Å². The molecular weight excluding hydrogens is 503 g/mol. The molecular formula is C23H17BrCl2N2OS. The average Bonchev–Trinajstić information content (AvgIpc) is 3.21. The fraction of sp³-hybridized carbons (Fsp3) is 0.0870. The van der Waals surface area contributed by atoms with Crippen LogP contribution in [-0.2, 0) is 17.8 Å². The van der Waals surface area contributed by atoms with Gasteiger partial charge in [-0.25, -0.2) is 4.98 Å². The molecule has 4 aromatic rings. The van der Waals surface area contributed by atoms with Crippen molar-refractivity contribution in [2.45, 2.75) is 13.0 Å². The molecule has 0 aliphatic carbocycles. The molecule has 7 heteroatoms. The highest BCUT2D eigenvalue weighted by molar-refractivity contribution is 7.13. The van der Waals surface area contributed by atoms with Crippen LogP contribution in [0.25, 0.3) is 22.0 Å². The molecule has 0 bridgehead atoms. The number of carbonyl (C=O) groups is 1. The molecule has 3 nitrogen and oxygen atoms in total. The summed E-state index contributed by atoms with van der Waals surface area (Å²) in [6, 6.07) is 20.9. The van der Waals surface area contributed by atoms with Crippen molar-refractivity contribution in [3.8, 4) is 22.0 Å². The first-order chi connectivity index (χ1) is 14.1. The third-order valence-corrected chi connectivity index (χ3v) is 5.83. The molecule has 0 fully saturated rings. The standard InChI is InChI=1S/C23H17Cl2N2OS.BrH/c24-18-8-4-16(5-9-18)13-20(28)14-27-12-2-1-3-22(27)23-26-21(15-29-23)17-6-10-19(25)11-7-17;/h1-12,15H,13-14H2;1H/q+1;/p-1. The van der Waals surface area contributed by atoms with Crippen LogP contribution < -0.4 is 21.5 Å². The van der Waals surface area contributed by atoms with Crippen LogP contribution >= 0.6 is 34.5 Å². The number of ketones is 1. The van der Waals surface area contributed by atoms with Crippen LogP contribution in [0.1, 0.15) is 5.56 Å². The highest BCUT2D eigenvalue weighted by atomic mass is 79.9. The molecule has 0 radical (unpaired) electrons. The number of nitrogens with zero attached hydrogens (tertiary/aromatic N) is 2. The van der Waals surface area contributed by atoms with E-state index in [1.165, 1.54) is 0 Å². The maximum absolute atomic E-state index is 12.6. The lowest BCUT2D eigenvalue weighted by Gasteiger charge is -2.03. The van der Waals surface area contributed by atoms with Gasteiger partial charge in [0.15, 0.2) is 11.2 Å². The van der Waals surface area contributed by atoms with Gasteiger partial charge in [0.05, 0.1) is 5.69 Å². The Hall–Kier alpha value is -2.05. The normalized spacial score (nSPS) is 10.5. The van der Waals surface area contributed by atoms with Crippen molar-refractivity contribution in [3.05, 3.63) is 93.9 Å². The second-order valence-electron chi connectivity index (χ2n) is 6.60. The summed E-state index contributed by atoms with van der Waals surface area (Å²) in [7, 11) is 0. The molecule has 2 aromatic carbocycles. The van der Waals surface area contributed by atoms with Gasteiger partial charge in [0.2, 0.25) is 18.0 Å². The number of hydrogen-bond donors (Lipinski definition) is 0. The summed E-state index contributed by atoms with van der Waals surface area (Å²) in [5.41, 5.74) is 3.78. The summed E-state index contributed by atoms with van der Waals surface area (Å²) in [4.78, 5) is 17.4. The minimum atomic E-state index is 0. The van der Waals surface area contributed by atoms with Gasteiger partial charge in [0, 0.05) is 39.5 Å². The van der Waals surface area contributed by atoms with E-state index >= 15 is 0 Å². The van der Waals surface area contributed by atoms with Gasteiger partial charge >= 0.3 is 0 Å². The molecule has 0 aliphatic rings. The molecule has 0 unspecified atom stereocenters. The van der Waals surface area contributed by atoms with Crippen LogP contribution in [0.3, 0.4) is 0 Å². The molecule has 4 rings (SSSR count). The Balaban J connectivity index is 0.00000256. The maximum atomic E-state index is 12.6. The molecule has 2 heterocycles. The average molecular weight is 520 g/mol. The summed E-state index contributed by atoms with van der Waals surface area (Å²) in [5, 5.41) is 4.26. The predicted molar refractivity (Wildman–Crippen MR) is 118 cm³/mol. The van der Waals surface area contributed by atoms with E-state index in [1.54, 1.807) is 23.5 Å². The summed E-state index contributed by atoms with van der Waals surface area (Å²) < 4.78 is 1.95. The summed E-state index contributed by atoms with van der Waals surface area (Å²) >= 11 is 13.5. The predicted octanol–water partition coefficient (Wildman–Crippen LogP) is 2.89. The first-order valence-corrected chi connectivity index (χ1v) is 10.7. The number of thiazole rings is 1. The van der Waals surface area contributed by atoms with Crippen LogP contribution in [0.4, 0.5) is 0 Å². The fourth-order valence-electron chi connectivity index (χ4n) is 3.03. The second-order valence-corrected chi connectivity index (χ2v) is 8.33. The number of Topliss-reactive ketones (excluding diaryl/α,β-unsaturated/α-hetero) is 1. The monoisotopic (exact) mass is 518 g/mol. The van der Waals surface area contributed by atoms with Crippen molar-refractivity contribution in [3.63, 3.8) is 0 Å². The maximum Gasteiger partial charge on any atom is 0.241 e. The summed E-state index contributed by atoms with van der Waals surface area (Å²) in [6.45, 7) is 0.286. The van der Waals surface area contributed by atoms with Gasteiger partial charge in [-0.3, -0.25) is 4.79 Å². The van der Waals surface area contributed by atoms with Gasteiger partial charge in [-0.2, -0.15) is 4.57 Å². The summed E-state index contributed by atoms with van der Waals surface area (Å²) in [5.74, 6) is 0.124. The number of halogens is 3. The third-order valence-electron chi connectivity index (χ3n) is 4.47. The Morgan fingerprint density at radius 2 is 1.60 bits per heavy atom. The van der Waals surface area contributed by atoms with E-state index in [9.17, 15) is 4.79 Å². The van der Waals surface area contributed by atoms with Crippen LogP contribution in [0, 0.1) is 0 Å². The molecule has 152 valence electrons. The minimum absolute atomic E-state index is 0. The second kappa shape index (κ2) is 10.3. The molecule has 0 atom stereocenters. The Bertz CT molecular complexity index is 1140. The van der Waals surface area contributed by atoms with Crippen molar-refractivity contribution < 1.29 is 26.3 Å². The van der Waals surface area contributed by atoms with Crippen LogP contribution in [-0.4, -0.2) is 10.8 Å². The van der Waals surface area contributed by atoms with Gasteiger partial charge in [0.1, 0.15) is 0 Å². The quantitative estimate of drug-likeness (QED) is 0.367. The molecule has 0 aliphatic heterocycles. The number of carbonyl (C=O) groups excluding carboxylic acids is 1. The Kier molecular flexibility index (Phi) is 7.78. The van der Waals surface area contributed by atoms with E-state index in [-0.39, 0.29) is 29.3 Å². The molecule has 0 N–H and O–H groups in total. The minimum Gasteiger partial charge on any atom is -1.00 e. The van der Waals surface area contributed by atoms with Crippen LogP contribution in [0.15, 0.2) is 78.3 Å². The molecule has 0 spiro atoms. The van der Waals surface area contributed by atoms with Crippen LogP contribution in [0.2, 0.25) is 10.0 Å². The van der Waals surface area contributed by atoms with Crippen molar-refractivity contribution >= 4 is 40.3 Å². The number of benzene rings is 2. The van der Waals surface area contributed by atoms with Gasteiger partial charge in [0.25, 0.3) is 0 Å². The molecule has 0 saturated carbocycles. The van der Waals surface area contributed by atoms with Crippen molar-refractivity contribution in [2.75, 3.05) is 0 Å². The van der Waals surface area contributed by atoms with Crippen molar-refractivity contribution in [1.29, 1.82) is 0 Å². The van der Waals surface area contributed by atoms with E-state index in [0.717, 1.165) is 27.5 Å². The van der Waals surface area contributed by atoms with Crippen molar-refractivity contribution in [2.24, 2.45) is 0 Å². The molecule has 0 amide bonds. The Labute approximate surface area is 199 Å². The van der Waals surface area contributed by atoms with E-state index in [1.807, 2.05) is 70.7 Å². The van der Waals surface area contributed by atoms with Gasteiger partial charge in [-0.15, -0.1) is 11.3 Å². The smallest absolute Gasteiger partial charge is 0.241 e. The highest BCUT2D eigenvalue weighted by Gasteiger charge is 2.19. The fourth-order valence-corrected chi connectivity index (χ4v) is 4.15. The molecule has 30 heavy (non-hydrogen) atoms. The van der Waals surface area contributed by atoms with Gasteiger partial charge in [-0.1, -0.05) is 47.5 Å². The number of rotatable bonds is 6. The topological polar surface area (TPSA) is 33.8 Å². The summed E-state index contributed by atoms with van der Waals surface area (Å²) in [6.07, 6.45) is 2.28.